The third kappa shape index (κ3) is 3.10. The first kappa shape index (κ1) is 14.8. The number of nitrogen functional groups attached to an aromatic ring is 1. The summed E-state index contributed by atoms with van der Waals surface area (Å²) in [5, 5.41) is 0. The van der Waals surface area contributed by atoms with Crippen LogP contribution in [-0.2, 0) is 6.42 Å². The summed E-state index contributed by atoms with van der Waals surface area (Å²) in [6, 6.07) is 9.61. The first-order valence-corrected chi connectivity index (χ1v) is 7.32. The van der Waals surface area contributed by atoms with E-state index in [4.69, 9.17) is 5.73 Å². The van der Waals surface area contributed by atoms with Crippen LogP contribution < -0.4 is 5.73 Å². The van der Waals surface area contributed by atoms with Crippen molar-refractivity contribution < 1.29 is 4.79 Å². The van der Waals surface area contributed by atoms with Crippen molar-refractivity contribution in [3.63, 3.8) is 0 Å². The molecule has 0 aromatic heterocycles. The maximum absolute atomic E-state index is 12.4. The highest BCUT2D eigenvalue weighted by Gasteiger charge is 2.14. The van der Waals surface area contributed by atoms with Crippen LogP contribution in [0.25, 0.3) is 0 Å². The van der Waals surface area contributed by atoms with E-state index >= 15 is 0 Å². The molecule has 3 heteroatoms. The smallest absolute Gasteiger partial charge is 0.169 e. The van der Waals surface area contributed by atoms with Crippen molar-refractivity contribution in [2.45, 2.75) is 27.2 Å². The number of ketones is 1. The molecule has 2 rings (SSSR count). The van der Waals surface area contributed by atoms with Gasteiger partial charge in [-0.25, -0.2) is 0 Å². The molecule has 2 aromatic carbocycles. The first-order chi connectivity index (χ1) is 9.38. The zero-order valence-electron chi connectivity index (χ0n) is 12.0. The Kier molecular flexibility index (Phi) is 4.29. The number of anilines is 1. The van der Waals surface area contributed by atoms with E-state index in [1.807, 2.05) is 19.9 Å². The number of hydrogen-bond acceptors (Lipinski definition) is 2. The predicted octanol–water partition coefficient (Wildman–Crippen LogP) is 4.38. The van der Waals surface area contributed by atoms with Crippen LogP contribution in [-0.4, -0.2) is 5.78 Å². The molecule has 0 heterocycles. The van der Waals surface area contributed by atoms with Crippen LogP contribution in [0.4, 0.5) is 5.69 Å². The molecule has 0 saturated heterocycles. The van der Waals surface area contributed by atoms with Gasteiger partial charge in [-0.15, -0.1) is 0 Å². The Balaban J connectivity index is 2.33. The number of hydrogen-bond donors (Lipinski definition) is 1. The van der Waals surface area contributed by atoms with Crippen LogP contribution in [0.3, 0.4) is 0 Å². The fourth-order valence-corrected chi connectivity index (χ4v) is 2.91. The summed E-state index contributed by atoms with van der Waals surface area (Å²) in [5.74, 6) is 0.0602. The fourth-order valence-electron chi connectivity index (χ4n) is 2.53. The summed E-state index contributed by atoms with van der Waals surface area (Å²) in [6.45, 7) is 6.17. The highest BCUT2D eigenvalue weighted by atomic mass is 79.9. The van der Waals surface area contributed by atoms with Gasteiger partial charge in [-0.3, -0.25) is 4.79 Å². The molecule has 0 aliphatic carbocycles. The molecule has 0 fully saturated rings. The summed E-state index contributed by atoms with van der Waals surface area (Å²) < 4.78 is 0.884. The second-order valence-electron chi connectivity index (χ2n) is 5.21. The van der Waals surface area contributed by atoms with Gasteiger partial charge in [0.1, 0.15) is 0 Å². The standard InChI is InChI=1S/C17H18BrNO/c1-10-6-11(2)15(12(3)7-10)9-17(20)14-5-4-13(18)8-16(14)19/h4-8H,9,19H2,1-3H3. The van der Waals surface area contributed by atoms with Crippen LogP contribution in [0, 0.1) is 20.8 Å². The van der Waals surface area contributed by atoms with Gasteiger partial charge in [0.2, 0.25) is 0 Å². The van der Waals surface area contributed by atoms with E-state index in [1.165, 1.54) is 5.56 Å². The molecule has 2 aromatic rings. The minimum Gasteiger partial charge on any atom is -0.398 e. The van der Waals surface area contributed by atoms with Gasteiger partial charge in [0.15, 0.2) is 5.78 Å². The Hall–Kier alpha value is -1.61. The van der Waals surface area contributed by atoms with Crippen molar-refractivity contribution in [3.05, 3.63) is 62.6 Å². The topological polar surface area (TPSA) is 43.1 Å². The molecule has 2 N–H and O–H groups in total. The predicted molar refractivity (Wildman–Crippen MR) is 87.2 cm³/mol. The van der Waals surface area contributed by atoms with Crippen LogP contribution in [0.1, 0.15) is 32.6 Å². The number of aryl methyl sites for hydroxylation is 3. The van der Waals surface area contributed by atoms with Crippen molar-refractivity contribution in [3.8, 4) is 0 Å². The lowest BCUT2D eigenvalue weighted by Crippen LogP contribution is -2.09. The lowest BCUT2D eigenvalue weighted by atomic mass is 9.93. The van der Waals surface area contributed by atoms with Gasteiger partial charge in [-0.05, 0) is 55.7 Å². The van der Waals surface area contributed by atoms with Gasteiger partial charge in [0.25, 0.3) is 0 Å². The molecule has 0 atom stereocenters. The highest BCUT2D eigenvalue weighted by molar-refractivity contribution is 9.10. The molecular weight excluding hydrogens is 314 g/mol. The van der Waals surface area contributed by atoms with Gasteiger partial charge in [-0.2, -0.15) is 0 Å². The largest absolute Gasteiger partial charge is 0.398 e. The lowest BCUT2D eigenvalue weighted by molar-refractivity contribution is 0.0993. The van der Waals surface area contributed by atoms with E-state index in [1.54, 1.807) is 12.1 Å². The van der Waals surface area contributed by atoms with Crippen molar-refractivity contribution in [1.29, 1.82) is 0 Å². The summed E-state index contributed by atoms with van der Waals surface area (Å²) in [5.41, 5.74) is 11.7. The fraction of sp³-hybridized carbons (Fsp3) is 0.235. The Morgan fingerprint density at radius 3 is 2.25 bits per heavy atom. The molecule has 0 saturated carbocycles. The van der Waals surface area contributed by atoms with Gasteiger partial charge < -0.3 is 5.73 Å². The minimum atomic E-state index is 0.0602. The van der Waals surface area contributed by atoms with Crippen molar-refractivity contribution in [1.82, 2.24) is 0 Å². The maximum atomic E-state index is 12.4. The molecule has 0 bridgehead atoms. The Bertz CT molecular complexity index is 654. The van der Waals surface area contributed by atoms with Crippen LogP contribution in [0.5, 0.6) is 0 Å². The van der Waals surface area contributed by atoms with Crippen LogP contribution in [0.2, 0.25) is 0 Å². The van der Waals surface area contributed by atoms with E-state index in [-0.39, 0.29) is 5.78 Å². The quantitative estimate of drug-likeness (QED) is 0.669. The first-order valence-electron chi connectivity index (χ1n) is 6.53. The summed E-state index contributed by atoms with van der Waals surface area (Å²) in [7, 11) is 0. The number of rotatable bonds is 3. The van der Waals surface area contributed by atoms with Crippen LogP contribution in [0.15, 0.2) is 34.8 Å². The molecule has 20 heavy (non-hydrogen) atoms. The van der Waals surface area contributed by atoms with E-state index in [0.717, 1.165) is 21.2 Å². The monoisotopic (exact) mass is 331 g/mol. The SMILES string of the molecule is Cc1cc(C)c(CC(=O)c2ccc(Br)cc2N)c(C)c1. The Morgan fingerprint density at radius 2 is 1.70 bits per heavy atom. The molecule has 0 aliphatic rings. The zero-order chi connectivity index (χ0) is 14.9. The minimum absolute atomic E-state index is 0.0602. The average Bonchev–Trinajstić information content (AvgIpc) is 2.33. The number of Topliss-reactive ketones (excluding diaryl/α,β-unsaturated/α-hetero) is 1. The summed E-state index contributed by atoms with van der Waals surface area (Å²) >= 11 is 3.35. The number of nitrogens with two attached hydrogens (primary N) is 1. The number of carbonyl (C=O) groups excluding carboxylic acids is 1. The van der Waals surface area contributed by atoms with Gasteiger partial charge in [0, 0.05) is 22.1 Å². The number of halogens is 1. The molecule has 0 unspecified atom stereocenters. The molecule has 0 aliphatic heterocycles. The van der Waals surface area contributed by atoms with Gasteiger partial charge in [0.05, 0.1) is 0 Å². The summed E-state index contributed by atoms with van der Waals surface area (Å²) in [6.07, 6.45) is 0.393. The Labute approximate surface area is 128 Å². The molecule has 104 valence electrons. The third-order valence-corrected chi connectivity index (χ3v) is 3.98. The van der Waals surface area contributed by atoms with E-state index < -0.39 is 0 Å². The second kappa shape index (κ2) is 5.80. The normalized spacial score (nSPS) is 10.6. The molecule has 2 nitrogen and oxygen atoms in total. The highest BCUT2D eigenvalue weighted by Crippen LogP contribution is 2.23. The van der Waals surface area contributed by atoms with Crippen molar-refractivity contribution >= 4 is 27.4 Å². The van der Waals surface area contributed by atoms with E-state index in [2.05, 4.69) is 35.0 Å². The van der Waals surface area contributed by atoms with Gasteiger partial charge >= 0.3 is 0 Å². The van der Waals surface area contributed by atoms with Gasteiger partial charge in [-0.1, -0.05) is 33.6 Å². The van der Waals surface area contributed by atoms with Crippen molar-refractivity contribution in [2.24, 2.45) is 0 Å². The van der Waals surface area contributed by atoms with Crippen LogP contribution >= 0.6 is 15.9 Å². The Morgan fingerprint density at radius 1 is 1.10 bits per heavy atom. The molecule has 0 spiro atoms. The second-order valence-corrected chi connectivity index (χ2v) is 6.12. The van der Waals surface area contributed by atoms with E-state index in [0.29, 0.717) is 17.7 Å². The molecular formula is C17H18BrNO. The lowest BCUT2D eigenvalue weighted by Gasteiger charge is -2.12. The van der Waals surface area contributed by atoms with E-state index in [9.17, 15) is 4.79 Å². The third-order valence-electron chi connectivity index (χ3n) is 3.49. The maximum Gasteiger partial charge on any atom is 0.169 e. The number of benzene rings is 2. The van der Waals surface area contributed by atoms with Crippen molar-refractivity contribution in [2.75, 3.05) is 5.73 Å². The zero-order valence-corrected chi connectivity index (χ0v) is 13.5. The number of carbonyl (C=O) groups is 1. The summed E-state index contributed by atoms with van der Waals surface area (Å²) in [4.78, 5) is 12.4. The average molecular weight is 332 g/mol. The molecule has 0 radical (unpaired) electrons. The molecule has 0 amide bonds.